The van der Waals surface area contributed by atoms with E-state index in [9.17, 15) is 10.1 Å². The fourth-order valence-electron chi connectivity index (χ4n) is 1.99. The van der Waals surface area contributed by atoms with Crippen molar-refractivity contribution in [2.24, 2.45) is 5.16 Å². The van der Waals surface area contributed by atoms with Crippen molar-refractivity contribution in [3.63, 3.8) is 0 Å². The van der Waals surface area contributed by atoms with Gasteiger partial charge in [0.15, 0.2) is 0 Å². The maximum Gasteiger partial charge on any atom is 0.433 e. The third-order valence-corrected chi connectivity index (χ3v) is 2.96. The van der Waals surface area contributed by atoms with Crippen molar-refractivity contribution in [1.82, 2.24) is 4.90 Å². The predicted molar refractivity (Wildman–Crippen MR) is 68.9 cm³/mol. The van der Waals surface area contributed by atoms with Crippen molar-refractivity contribution in [2.45, 2.75) is 26.3 Å². The Labute approximate surface area is 111 Å². The minimum Gasteiger partial charge on any atom is -0.404 e. The first-order valence-corrected chi connectivity index (χ1v) is 6.32. The second kappa shape index (κ2) is 6.33. The predicted octanol–water partition coefficient (Wildman–Crippen LogP) is 2.18. The molecule has 0 aromatic carbocycles. The quantitative estimate of drug-likeness (QED) is 0.603. The summed E-state index contributed by atoms with van der Waals surface area (Å²) >= 11 is 0. The highest BCUT2D eigenvalue weighted by Gasteiger charge is 2.18. The van der Waals surface area contributed by atoms with Crippen LogP contribution in [0.25, 0.3) is 0 Å². The molecule has 19 heavy (non-hydrogen) atoms. The van der Waals surface area contributed by atoms with E-state index in [0.717, 1.165) is 31.6 Å². The molecule has 7 heteroatoms. The minimum absolute atomic E-state index is 0.203. The molecule has 0 atom stereocenters. The largest absolute Gasteiger partial charge is 0.433 e. The third kappa shape index (κ3) is 3.78. The second-order valence-corrected chi connectivity index (χ2v) is 4.35. The maximum atomic E-state index is 10.5. The number of hydrogen-bond acceptors (Lipinski definition) is 6. The molecule has 0 amide bonds. The summed E-state index contributed by atoms with van der Waals surface area (Å²) in [4.78, 5) is 17.2. The summed E-state index contributed by atoms with van der Waals surface area (Å²) in [5.74, 6) is 0.419. The topological polar surface area (TPSA) is 81.1 Å². The molecule has 104 valence electrons. The zero-order valence-electron chi connectivity index (χ0n) is 10.9. The summed E-state index contributed by atoms with van der Waals surface area (Å²) in [6.07, 6.45) is 1.73. The van der Waals surface area contributed by atoms with E-state index in [1.165, 1.54) is 6.07 Å². The van der Waals surface area contributed by atoms with Crippen LogP contribution in [0.4, 0.5) is 5.88 Å². The average Bonchev–Trinajstić information content (AvgIpc) is 2.87. The summed E-state index contributed by atoms with van der Waals surface area (Å²) < 4.78 is 5.14. The van der Waals surface area contributed by atoms with Crippen molar-refractivity contribution in [1.29, 1.82) is 0 Å². The van der Waals surface area contributed by atoms with Crippen LogP contribution in [0.15, 0.2) is 21.7 Å². The van der Waals surface area contributed by atoms with E-state index in [4.69, 9.17) is 9.25 Å². The Morgan fingerprint density at radius 1 is 1.47 bits per heavy atom. The Hall–Kier alpha value is -1.89. The zero-order valence-corrected chi connectivity index (χ0v) is 10.9. The second-order valence-electron chi connectivity index (χ2n) is 4.35. The molecule has 1 aromatic rings. The monoisotopic (exact) mass is 267 g/mol. The molecular formula is C12H17N3O4. The van der Waals surface area contributed by atoms with Crippen molar-refractivity contribution < 1.29 is 14.2 Å². The van der Waals surface area contributed by atoms with E-state index in [-0.39, 0.29) is 5.88 Å². The normalized spacial score (nSPS) is 16.4. The summed E-state index contributed by atoms with van der Waals surface area (Å²) in [6.45, 7) is 4.81. The van der Waals surface area contributed by atoms with Gasteiger partial charge in [0.25, 0.3) is 0 Å². The van der Waals surface area contributed by atoms with E-state index in [0.29, 0.717) is 18.9 Å². The molecule has 0 radical (unpaired) electrons. The Balaban J connectivity index is 1.83. The number of furan rings is 1. The number of oxime groups is 1. The fraction of sp³-hybridized carbons (Fsp3) is 0.583. The van der Waals surface area contributed by atoms with Crippen LogP contribution in [0.3, 0.4) is 0 Å². The summed E-state index contributed by atoms with van der Waals surface area (Å²) in [5.41, 5.74) is 1.07. The van der Waals surface area contributed by atoms with Crippen LogP contribution in [-0.2, 0) is 11.4 Å². The van der Waals surface area contributed by atoms with Gasteiger partial charge >= 0.3 is 5.88 Å². The van der Waals surface area contributed by atoms with E-state index in [1.807, 2.05) is 6.92 Å². The number of hydrogen-bond donors (Lipinski definition) is 0. The molecule has 0 saturated carbocycles. The van der Waals surface area contributed by atoms with Gasteiger partial charge in [-0.05, 0) is 13.0 Å². The van der Waals surface area contributed by atoms with Crippen LogP contribution in [0.5, 0.6) is 0 Å². The molecule has 0 N–H and O–H groups in total. The highest BCUT2D eigenvalue weighted by Crippen LogP contribution is 2.18. The molecule has 1 aliphatic heterocycles. The Kier molecular flexibility index (Phi) is 4.51. The highest BCUT2D eigenvalue weighted by molar-refractivity contribution is 5.84. The molecule has 2 rings (SSSR count). The molecule has 0 aliphatic carbocycles. The van der Waals surface area contributed by atoms with E-state index < -0.39 is 4.92 Å². The molecule has 1 aromatic heterocycles. The van der Waals surface area contributed by atoms with Gasteiger partial charge in [-0.2, -0.15) is 0 Å². The van der Waals surface area contributed by atoms with Crippen LogP contribution < -0.4 is 0 Å². The molecule has 1 saturated heterocycles. The van der Waals surface area contributed by atoms with Gasteiger partial charge in [-0.25, -0.2) is 0 Å². The molecule has 7 nitrogen and oxygen atoms in total. The lowest BCUT2D eigenvalue weighted by Crippen LogP contribution is -2.33. The first-order valence-electron chi connectivity index (χ1n) is 6.32. The molecule has 1 aliphatic rings. The van der Waals surface area contributed by atoms with Gasteiger partial charge in [-0.1, -0.05) is 5.16 Å². The van der Waals surface area contributed by atoms with Crippen LogP contribution in [0.2, 0.25) is 0 Å². The first-order chi connectivity index (χ1) is 9.19. The van der Waals surface area contributed by atoms with Crippen LogP contribution in [-0.4, -0.2) is 35.2 Å². The van der Waals surface area contributed by atoms with Crippen molar-refractivity contribution in [3.8, 4) is 0 Å². The van der Waals surface area contributed by atoms with Gasteiger partial charge in [0.1, 0.15) is 17.3 Å². The highest BCUT2D eigenvalue weighted by atomic mass is 16.6. The van der Waals surface area contributed by atoms with Gasteiger partial charge in [0.2, 0.25) is 0 Å². The maximum absolute atomic E-state index is 10.5. The summed E-state index contributed by atoms with van der Waals surface area (Å²) in [5, 5.41) is 14.6. The summed E-state index contributed by atoms with van der Waals surface area (Å²) in [7, 11) is 0. The Morgan fingerprint density at radius 2 is 2.21 bits per heavy atom. The lowest BCUT2D eigenvalue weighted by molar-refractivity contribution is -0.402. The SMILES string of the molecule is CCON=C1CCN(Cc2ccc([N+](=O)[O-])o2)CC1. The Bertz CT molecular complexity index is 459. The lowest BCUT2D eigenvalue weighted by Gasteiger charge is -2.26. The molecular weight excluding hydrogens is 250 g/mol. The van der Waals surface area contributed by atoms with E-state index >= 15 is 0 Å². The zero-order chi connectivity index (χ0) is 13.7. The number of rotatable bonds is 5. The summed E-state index contributed by atoms with van der Waals surface area (Å²) in [6, 6.07) is 3.04. The fourth-order valence-corrected chi connectivity index (χ4v) is 1.99. The number of nitrogens with zero attached hydrogens (tertiary/aromatic N) is 3. The van der Waals surface area contributed by atoms with Crippen molar-refractivity contribution >= 4 is 11.6 Å². The first kappa shape index (κ1) is 13.5. The number of piperidine rings is 1. The smallest absolute Gasteiger partial charge is 0.404 e. The van der Waals surface area contributed by atoms with E-state index in [1.54, 1.807) is 6.07 Å². The lowest BCUT2D eigenvalue weighted by atomic mass is 10.1. The molecule has 0 spiro atoms. The number of nitro groups is 1. The van der Waals surface area contributed by atoms with Gasteiger partial charge in [-0.15, -0.1) is 0 Å². The van der Waals surface area contributed by atoms with Crippen LogP contribution in [0, 0.1) is 10.1 Å². The van der Waals surface area contributed by atoms with E-state index in [2.05, 4.69) is 10.1 Å². The molecule has 2 heterocycles. The van der Waals surface area contributed by atoms with Gasteiger partial charge in [0.05, 0.1) is 18.3 Å². The molecule has 1 fully saturated rings. The van der Waals surface area contributed by atoms with Gasteiger partial charge < -0.3 is 9.25 Å². The number of likely N-dealkylation sites (tertiary alicyclic amines) is 1. The van der Waals surface area contributed by atoms with Crippen molar-refractivity contribution in [2.75, 3.05) is 19.7 Å². The molecule has 0 bridgehead atoms. The third-order valence-electron chi connectivity index (χ3n) is 2.96. The average molecular weight is 267 g/mol. The minimum atomic E-state index is -0.521. The van der Waals surface area contributed by atoms with Crippen molar-refractivity contribution in [3.05, 3.63) is 28.0 Å². The van der Waals surface area contributed by atoms with Gasteiger partial charge in [0, 0.05) is 25.9 Å². The standard InChI is InChI=1S/C12H17N3O4/c1-2-18-13-10-5-7-14(8-6-10)9-11-3-4-12(19-11)15(16)17/h3-4H,2,5-9H2,1H3. The van der Waals surface area contributed by atoms with Gasteiger partial charge in [-0.3, -0.25) is 15.0 Å². The van der Waals surface area contributed by atoms with Crippen LogP contribution in [0.1, 0.15) is 25.5 Å². The Morgan fingerprint density at radius 3 is 2.79 bits per heavy atom. The molecule has 0 unspecified atom stereocenters. The van der Waals surface area contributed by atoms with Crippen LogP contribution >= 0.6 is 0 Å².